The molecule has 116 valence electrons. The van der Waals surface area contributed by atoms with Crippen LogP contribution in [0.3, 0.4) is 0 Å². The first kappa shape index (κ1) is 17.2. The number of likely N-dealkylation sites (N-methyl/N-ethyl adjacent to an activating group) is 1. The maximum Gasteiger partial charge on any atom is 0.308 e. The van der Waals surface area contributed by atoms with Gasteiger partial charge in [0.15, 0.2) is 0 Å². The predicted octanol–water partition coefficient (Wildman–Crippen LogP) is 2.92. The van der Waals surface area contributed by atoms with Gasteiger partial charge >= 0.3 is 5.97 Å². The first-order chi connectivity index (χ1) is 9.89. The van der Waals surface area contributed by atoms with Crippen LogP contribution in [0.25, 0.3) is 0 Å². The van der Waals surface area contributed by atoms with E-state index in [2.05, 4.69) is 0 Å². The Hall–Kier alpha value is -1.84. The van der Waals surface area contributed by atoms with Crippen LogP contribution in [0.5, 0.6) is 0 Å². The second kappa shape index (κ2) is 7.25. The predicted molar refractivity (Wildman–Crippen MR) is 83.1 cm³/mol. The molecule has 0 radical (unpaired) electrons. The van der Waals surface area contributed by atoms with Gasteiger partial charge in [0.1, 0.15) is 0 Å². The van der Waals surface area contributed by atoms with Crippen molar-refractivity contribution in [1.29, 1.82) is 0 Å². The molecule has 4 nitrogen and oxygen atoms in total. The summed E-state index contributed by atoms with van der Waals surface area (Å²) in [5, 5.41) is 9.01. The van der Waals surface area contributed by atoms with Crippen LogP contribution in [-0.4, -0.2) is 35.5 Å². The summed E-state index contributed by atoms with van der Waals surface area (Å²) >= 11 is 0. The SMILES string of the molecule is CCC(CC)(C(=O)N(C)CC(C)C(=O)O)c1ccccc1. The third kappa shape index (κ3) is 3.63. The molecule has 0 aliphatic heterocycles. The minimum absolute atomic E-state index is 0.00759. The lowest BCUT2D eigenvalue weighted by Gasteiger charge is -2.35. The minimum atomic E-state index is -0.882. The summed E-state index contributed by atoms with van der Waals surface area (Å²) in [6.07, 6.45) is 1.39. The van der Waals surface area contributed by atoms with Crippen molar-refractivity contribution in [3.63, 3.8) is 0 Å². The Morgan fingerprint density at radius 2 is 1.71 bits per heavy atom. The van der Waals surface area contributed by atoms with E-state index in [-0.39, 0.29) is 12.5 Å². The first-order valence-electron chi connectivity index (χ1n) is 7.43. The fourth-order valence-corrected chi connectivity index (χ4v) is 2.78. The van der Waals surface area contributed by atoms with Gasteiger partial charge in [0.25, 0.3) is 0 Å². The van der Waals surface area contributed by atoms with Crippen LogP contribution >= 0.6 is 0 Å². The standard InChI is InChI=1S/C17H25NO3/c1-5-17(6-2,14-10-8-7-9-11-14)16(21)18(4)12-13(3)15(19)20/h7-11,13H,5-6,12H2,1-4H3,(H,19,20). The van der Waals surface area contributed by atoms with Crippen LogP contribution in [0, 0.1) is 5.92 Å². The summed E-state index contributed by atoms with van der Waals surface area (Å²) in [4.78, 5) is 25.5. The number of rotatable bonds is 7. The van der Waals surface area contributed by atoms with Crippen LogP contribution < -0.4 is 0 Å². The van der Waals surface area contributed by atoms with Gasteiger partial charge < -0.3 is 10.0 Å². The molecule has 0 fully saturated rings. The summed E-state index contributed by atoms with van der Waals surface area (Å²) in [5.74, 6) is -1.46. The number of nitrogens with zero attached hydrogens (tertiary/aromatic N) is 1. The fraction of sp³-hybridized carbons (Fsp3) is 0.529. The average molecular weight is 291 g/mol. The highest BCUT2D eigenvalue weighted by molar-refractivity contribution is 5.88. The molecule has 0 saturated carbocycles. The Morgan fingerprint density at radius 3 is 2.14 bits per heavy atom. The largest absolute Gasteiger partial charge is 0.481 e. The maximum atomic E-state index is 12.9. The van der Waals surface area contributed by atoms with Crippen molar-refractivity contribution in [2.45, 2.75) is 39.0 Å². The van der Waals surface area contributed by atoms with Gasteiger partial charge in [-0.05, 0) is 18.4 Å². The van der Waals surface area contributed by atoms with Gasteiger partial charge in [0, 0.05) is 13.6 Å². The van der Waals surface area contributed by atoms with Crippen molar-refractivity contribution < 1.29 is 14.7 Å². The lowest BCUT2D eigenvalue weighted by molar-refractivity contribution is -0.144. The van der Waals surface area contributed by atoms with E-state index in [1.807, 2.05) is 44.2 Å². The van der Waals surface area contributed by atoms with E-state index in [4.69, 9.17) is 5.11 Å². The third-order valence-corrected chi connectivity index (χ3v) is 4.26. The van der Waals surface area contributed by atoms with Crippen molar-refractivity contribution in [1.82, 2.24) is 4.90 Å². The lowest BCUT2D eigenvalue weighted by Crippen LogP contribution is -2.46. The number of carbonyl (C=O) groups excluding carboxylic acids is 1. The summed E-state index contributed by atoms with van der Waals surface area (Å²) in [5.41, 5.74) is 0.420. The molecular weight excluding hydrogens is 266 g/mol. The highest BCUT2D eigenvalue weighted by Gasteiger charge is 2.39. The fourth-order valence-electron chi connectivity index (χ4n) is 2.78. The average Bonchev–Trinajstić information content (AvgIpc) is 2.49. The molecule has 0 heterocycles. The summed E-state index contributed by atoms with van der Waals surface area (Å²) in [6, 6.07) is 9.74. The van der Waals surface area contributed by atoms with Crippen molar-refractivity contribution in [3.8, 4) is 0 Å². The number of carbonyl (C=O) groups is 2. The summed E-state index contributed by atoms with van der Waals surface area (Å²) in [7, 11) is 1.69. The Bertz CT molecular complexity index is 480. The van der Waals surface area contributed by atoms with Gasteiger partial charge in [-0.1, -0.05) is 51.1 Å². The lowest BCUT2D eigenvalue weighted by atomic mass is 9.74. The molecule has 1 unspecified atom stereocenters. The molecule has 0 spiro atoms. The van der Waals surface area contributed by atoms with Crippen molar-refractivity contribution in [3.05, 3.63) is 35.9 Å². The van der Waals surface area contributed by atoms with E-state index in [0.29, 0.717) is 12.8 Å². The first-order valence-corrected chi connectivity index (χ1v) is 7.43. The third-order valence-electron chi connectivity index (χ3n) is 4.26. The highest BCUT2D eigenvalue weighted by atomic mass is 16.4. The topological polar surface area (TPSA) is 57.6 Å². The van der Waals surface area contributed by atoms with Gasteiger partial charge in [-0.2, -0.15) is 0 Å². The molecule has 0 bridgehead atoms. The zero-order valence-electron chi connectivity index (χ0n) is 13.3. The van der Waals surface area contributed by atoms with E-state index in [0.717, 1.165) is 5.56 Å². The molecule has 1 N–H and O–H groups in total. The number of carboxylic acids is 1. The molecule has 1 aromatic carbocycles. The molecule has 0 aliphatic carbocycles. The number of benzene rings is 1. The van der Waals surface area contributed by atoms with Crippen molar-refractivity contribution in [2.75, 3.05) is 13.6 Å². The van der Waals surface area contributed by atoms with Gasteiger partial charge in [-0.15, -0.1) is 0 Å². The van der Waals surface area contributed by atoms with E-state index in [1.165, 1.54) is 0 Å². The van der Waals surface area contributed by atoms with Gasteiger partial charge in [0.05, 0.1) is 11.3 Å². The summed E-state index contributed by atoms with van der Waals surface area (Å²) in [6.45, 7) is 5.85. The Morgan fingerprint density at radius 1 is 1.19 bits per heavy atom. The number of amides is 1. The molecule has 4 heteroatoms. The molecule has 1 atom stereocenters. The Balaban J connectivity index is 3.05. The van der Waals surface area contributed by atoms with Gasteiger partial charge in [-0.3, -0.25) is 9.59 Å². The van der Waals surface area contributed by atoms with Crippen LogP contribution in [0.1, 0.15) is 39.2 Å². The van der Waals surface area contributed by atoms with Crippen molar-refractivity contribution >= 4 is 11.9 Å². The van der Waals surface area contributed by atoms with Gasteiger partial charge in [0.2, 0.25) is 5.91 Å². The van der Waals surface area contributed by atoms with E-state index >= 15 is 0 Å². The zero-order valence-corrected chi connectivity index (χ0v) is 13.3. The van der Waals surface area contributed by atoms with Crippen LogP contribution in [0.15, 0.2) is 30.3 Å². The van der Waals surface area contributed by atoms with Crippen LogP contribution in [0.4, 0.5) is 0 Å². The van der Waals surface area contributed by atoms with Crippen LogP contribution in [-0.2, 0) is 15.0 Å². The Labute approximate surface area is 126 Å². The highest BCUT2D eigenvalue weighted by Crippen LogP contribution is 2.33. The number of aliphatic carboxylic acids is 1. The number of hydrogen-bond donors (Lipinski definition) is 1. The second-order valence-electron chi connectivity index (χ2n) is 5.58. The molecular formula is C17H25NO3. The summed E-state index contributed by atoms with van der Waals surface area (Å²) < 4.78 is 0. The molecule has 0 aromatic heterocycles. The van der Waals surface area contributed by atoms with E-state index in [1.54, 1.807) is 18.9 Å². The molecule has 0 aliphatic rings. The quantitative estimate of drug-likeness (QED) is 0.840. The molecule has 1 amide bonds. The number of hydrogen-bond acceptors (Lipinski definition) is 2. The Kier molecular flexibility index (Phi) is 5.94. The molecule has 1 aromatic rings. The van der Waals surface area contributed by atoms with Crippen molar-refractivity contribution in [2.24, 2.45) is 5.92 Å². The molecule has 1 rings (SSSR count). The number of carboxylic acid groups (broad SMARTS) is 1. The van der Waals surface area contributed by atoms with E-state index in [9.17, 15) is 9.59 Å². The normalized spacial score (nSPS) is 12.8. The second-order valence-corrected chi connectivity index (χ2v) is 5.58. The maximum absolute atomic E-state index is 12.9. The molecule has 0 saturated heterocycles. The smallest absolute Gasteiger partial charge is 0.308 e. The minimum Gasteiger partial charge on any atom is -0.481 e. The monoisotopic (exact) mass is 291 g/mol. The van der Waals surface area contributed by atoms with E-state index < -0.39 is 17.3 Å². The van der Waals surface area contributed by atoms with Crippen LogP contribution in [0.2, 0.25) is 0 Å². The molecule has 21 heavy (non-hydrogen) atoms. The van der Waals surface area contributed by atoms with Gasteiger partial charge in [-0.25, -0.2) is 0 Å². The zero-order chi connectivity index (χ0) is 16.0.